The number of aryl methyl sites for hydroxylation is 3. The summed E-state index contributed by atoms with van der Waals surface area (Å²) in [5, 5.41) is 3.84. The molecule has 43 heavy (non-hydrogen) atoms. The summed E-state index contributed by atoms with van der Waals surface area (Å²) in [4.78, 5) is 0. The lowest BCUT2D eigenvalue weighted by atomic mass is 9.88. The molecule has 0 N–H and O–H groups in total. The number of rotatable bonds is 2. The number of pyridine rings is 1. The van der Waals surface area contributed by atoms with Crippen molar-refractivity contribution in [1.29, 1.82) is 0 Å². The van der Waals surface area contributed by atoms with Crippen molar-refractivity contribution in [2.45, 2.75) is 52.6 Å². The Morgan fingerprint density at radius 1 is 0.837 bits per heavy atom. The molecule has 3 aromatic heterocycles. The Morgan fingerprint density at radius 2 is 1.63 bits per heavy atom. The van der Waals surface area contributed by atoms with Crippen LogP contribution in [0.4, 0.5) is 0 Å². The summed E-state index contributed by atoms with van der Waals surface area (Å²) in [7, 11) is -1.66. The third-order valence-electron chi connectivity index (χ3n) is 9.95. The molecule has 4 nitrogen and oxygen atoms in total. The largest absolute Gasteiger partial charge is 0.455 e. The second-order valence-corrected chi connectivity index (χ2v) is 18.5. The number of hydrogen-bond acceptors (Lipinski definition) is 1. The van der Waals surface area contributed by atoms with Gasteiger partial charge in [-0.3, -0.25) is 0 Å². The van der Waals surface area contributed by atoms with Crippen LogP contribution in [0.1, 0.15) is 29.2 Å². The fourth-order valence-corrected chi connectivity index (χ4v) is 10.0. The van der Waals surface area contributed by atoms with Crippen LogP contribution in [0, 0.1) is 13.8 Å². The smallest absolute Gasteiger partial charge is 0.364 e. The first-order valence-electron chi connectivity index (χ1n) is 15.4. The highest BCUT2D eigenvalue weighted by Crippen LogP contribution is 2.55. The van der Waals surface area contributed by atoms with Crippen LogP contribution in [-0.2, 0) is 12.2 Å². The van der Waals surface area contributed by atoms with E-state index in [9.17, 15) is 0 Å². The number of benzene rings is 4. The van der Waals surface area contributed by atoms with Crippen molar-refractivity contribution in [2.24, 2.45) is 0 Å². The molecule has 210 valence electrons. The molecule has 0 saturated carbocycles. The van der Waals surface area contributed by atoms with E-state index in [-0.39, 0.29) is 0 Å². The van der Waals surface area contributed by atoms with E-state index in [0.29, 0.717) is 0 Å². The van der Waals surface area contributed by atoms with E-state index in [1.807, 2.05) is 0 Å². The third kappa shape index (κ3) is 2.91. The van der Waals surface area contributed by atoms with Gasteiger partial charge in [0.1, 0.15) is 11.1 Å². The molecule has 1 unspecified atom stereocenters. The zero-order valence-electron chi connectivity index (χ0n) is 25.6. The maximum atomic E-state index is 6.82. The minimum atomic E-state index is -1.66. The van der Waals surface area contributed by atoms with Crippen LogP contribution >= 0.6 is 0 Å². The molecular weight excluding hydrogens is 543 g/mol. The van der Waals surface area contributed by atoms with Gasteiger partial charge in [-0.25, -0.2) is 4.57 Å². The normalized spacial score (nSPS) is 16.8. The topological polar surface area (TPSA) is 25.8 Å². The molecule has 1 spiro atoms. The first kappa shape index (κ1) is 25.1. The van der Waals surface area contributed by atoms with Crippen LogP contribution in [0.15, 0.2) is 95.5 Å². The predicted molar refractivity (Wildman–Crippen MR) is 177 cm³/mol. The van der Waals surface area contributed by atoms with Gasteiger partial charge in [0.15, 0.2) is 22.8 Å². The van der Waals surface area contributed by atoms with E-state index < -0.39 is 13.7 Å². The number of aromatic nitrogens is 3. The average Bonchev–Trinajstić information content (AvgIpc) is 3.68. The van der Waals surface area contributed by atoms with Gasteiger partial charge in [0.05, 0.1) is 31.3 Å². The van der Waals surface area contributed by atoms with Crippen molar-refractivity contribution in [1.82, 2.24) is 4.57 Å². The molecule has 0 saturated heterocycles. The Bertz CT molecular complexity index is 2350. The molecule has 2 aliphatic heterocycles. The minimum Gasteiger partial charge on any atom is -0.455 e. The van der Waals surface area contributed by atoms with Crippen LogP contribution in [-0.4, -0.2) is 12.6 Å². The van der Waals surface area contributed by atoms with E-state index in [1.54, 1.807) is 0 Å². The van der Waals surface area contributed by atoms with E-state index >= 15 is 0 Å². The number of nitrogens with zero attached hydrogens (tertiary/aromatic N) is 3. The molecular formula is C38H35N3OSi+2. The van der Waals surface area contributed by atoms with E-state index in [2.05, 4.69) is 145 Å². The summed E-state index contributed by atoms with van der Waals surface area (Å²) in [6, 6.07) is 31.6. The fourth-order valence-electron chi connectivity index (χ4n) is 8.26. The van der Waals surface area contributed by atoms with Crippen molar-refractivity contribution in [3.8, 4) is 22.6 Å². The van der Waals surface area contributed by atoms with Gasteiger partial charge in [-0.15, -0.1) is 4.57 Å². The highest BCUT2D eigenvalue weighted by atomic mass is 28.3. The highest BCUT2D eigenvalue weighted by Gasteiger charge is 2.67. The lowest BCUT2D eigenvalue weighted by Gasteiger charge is -2.23. The van der Waals surface area contributed by atoms with Gasteiger partial charge in [0.2, 0.25) is 5.69 Å². The van der Waals surface area contributed by atoms with Crippen LogP contribution in [0.25, 0.3) is 55.6 Å². The van der Waals surface area contributed by atoms with Gasteiger partial charge in [0.25, 0.3) is 0 Å². The number of furan rings is 1. The van der Waals surface area contributed by atoms with Gasteiger partial charge in [-0.1, -0.05) is 61.6 Å². The Balaban J connectivity index is 1.57. The van der Waals surface area contributed by atoms with Gasteiger partial charge in [-0.2, -0.15) is 4.57 Å². The number of hydrogen-bond donors (Lipinski definition) is 0. The molecule has 0 radical (unpaired) electrons. The Hall–Kier alpha value is -4.48. The van der Waals surface area contributed by atoms with Crippen molar-refractivity contribution >= 4 is 46.2 Å². The summed E-state index contributed by atoms with van der Waals surface area (Å²) >= 11 is 0. The first-order valence-corrected chi connectivity index (χ1v) is 18.9. The maximum Gasteiger partial charge on any atom is 0.364 e. The van der Waals surface area contributed by atoms with Crippen LogP contribution in [0.2, 0.25) is 19.6 Å². The Morgan fingerprint density at radius 3 is 2.44 bits per heavy atom. The van der Waals surface area contributed by atoms with Gasteiger partial charge < -0.3 is 4.42 Å². The molecule has 2 aliphatic rings. The Kier molecular flexibility index (Phi) is 4.73. The average molecular weight is 578 g/mol. The minimum absolute atomic E-state index is 0.587. The summed E-state index contributed by atoms with van der Waals surface area (Å²) in [6.45, 7) is 15.0. The second-order valence-electron chi connectivity index (χ2n) is 13.5. The van der Waals surface area contributed by atoms with Crippen molar-refractivity contribution in [3.05, 3.63) is 113 Å². The van der Waals surface area contributed by atoms with E-state index in [0.717, 1.165) is 17.7 Å². The molecule has 4 aromatic carbocycles. The molecule has 0 aliphatic carbocycles. The van der Waals surface area contributed by atoms with Crippen LogP contribution in [0.3, 0.4) is 0 Å². The van der Waals surface area contributed by atoms with Gasteiger partial charge >= 0.3 is 11.5 Å². The molecule has 5 heteroatoms. The molecule has 0 bridgehead atoms. The predicted octanol–water partition coefficient (Wildman–Crippen LogP) is 7.56. The van der Waals surface area contributed by atoms with Crippen LogP contribution < -0.4 is 14.3 Å². The van der Waals surface area contributed by atoms with Crippen LogP contribution in [0.5, 0.6) is 0 Å². The standard InChI is InChI=1S/C38H35N3OSi/c1-7-39-30-13-9-10-14-31(30)41-37(39)35-28(19-18-26-25-12-8-11-15-33(25)42-36(26)35)38(41)29-20-23(2)16-17-27(29)32-21-24(3)34(22-40(32)38)43(4,5)6/h8-22H,7H2,1-6H3/q+2. The summed E-state index contributed by atoms with van der Waals surface area (Å²) < 4.78 is 14.6. The van der Waals surface area contributed by atoms with Gasteiger partial charge in [0, 0.05) is 22.0 Å². The number of imidazole rings is 1. The molecule has 5 heterocycles. The second kappa shape index (κ2) is 8.11. The summed E-state index contributed by atoms with van der Waals surface area (Å²) in [6.07, 6.45) is 2.51. The number of fused-ring (bicyclic) bond motifs is 16. The summed E-state index contributed by atoms with van der Waals surface area (Å²) in [5.41, 5.74) is 12.9. The molecule has 0 fully saturated rings. The quantitative estimate of drug-likeness (QED) is 0.154. The van der Waals surface area contributed by atoms with Crippen molar-refractivity contribution in [3.63, 3.8) is 0 Å². The highest BCUT2D eigenvalue weighted by molar-refractivity contribution is 6.88. The van der Waals surface area contributed by atoms with Crippen molar-refractivity contribution in [2.75, 3.05) is 0 Å². The van der Waals surface area contributed by atoms with E-state index in [4.69, 9.17) is 4.42 Å². The first-order chi connectivity index (χ1) is 20.7. The molecule has 9 rings (SSSR count). The Labute approximate surface area is 252 Å². The SMILES string of the molecule is CC[n+]1c2n(c3ccccc31)C1(c3cc(C)ccc3-c3cc(C)c([Si](C)(C)C)c[n+]31)c1ccc3c(oc4ccccc43)c1-2. The number of para-hydroxylation sites is 3. The van der Waals surface area contributed by atoms with Gasteiger partial charge in [-0.05, 0) is 68.8 Å². The summed E-state index contributed by atoms with van der Waals surface area (Å²) in [5.74, 6) is 1.21. The molecule has 1 atom stereocenters. The third-order valence-corrected chi connectivity index (χ3v) is 12.1. The maximum absolute atomic E-state index is 6.82. The lowest BCUT2D eigenvalue weighted by Crippen LogP contribution is -2.61. The zero-order chi connectivity index (χ0) is 29.4. The zero-order valence-corrected chi connectivity index (χ0v) is 26.6. The van der Waals surface area contributed by atoms with Crippen molar-refractivity contribution < 1.29 is 13.6 Å². The monoisotopic (exact) mass is 577 g/mol. The lowest BCUT2D eigenvalue weighted by molar-refractivity contribution is -0.734. The fraction of sp³-hybridized carbons (Fsp3) is 0.211. The molecule has 7 aromatic rings. The molecule has 0 amide bonds. The van der Waals surface area contributed by atoms with E-state index in [1.165, 1.54) is 71.9 Å².